The van der Waals surface area contributed by atoms with Crippen LogP contribution in [0.25, 0.3) is 0 Å². The van der Waals surface area contributed by atoms with E-state index in [9.17, 15) is 9.59 Å². The van der Waals surface area contributed by atoms with E-state index in [0.717, 1.165) is 10.0 Å². The molecule has 0 radical (unpaired) electrons. The molecule has 0 fully saturated rings. The summed E-state index contributed by atoms with van der Waals surface area (Å²) < 4.78 is 0.989. The van der Waals surface area contributed by atoms with Gasteiger partial charge in [0.1, 0.15) is 11.4 Å². The van der Waals surface area contributed by atoms with Crippen LogP contribution in [-0.4, -0.2) is 4.98 Å². The molecule has 0 amide bonds. The number of nitrogens with one attached hydrogen (secondary N) is 2. The van der Waals surface area contributed by atoms with Crippen molar-refractivity contribution in [3.63, 3.8) is 0 Å². The zero-order valence-electron chi connectivity index (χ0n) is 12.3. The summed E-state index contributed by atoms with van der Waals surface area (Å²) in [5.41, 5.74) is 1.35. The predicted molar refractivity (Wildman–Crippen MR) is 95.1 cm³/mol. The molecule has 0 aliphatic rings. The standard InChI is InChI=1S/C17H14BrN3O2/c1-10(11-2-4-12(18)5-3-11)20-14-15(17(23)16(14)22)21-13-6-8-19-9-7-13/h2-10,20H,1H3,(H,19,21)/t10-/m1/s1. The molecule has 5 nitrogen and oxygen atoms in total. The molecule has 0 aliphatic carbocycles. The van der Waals surface area contributed by atoms with Crippen LogP contribution in [0.15, 0.2) is 62.9 Å². The highest BCUT2D eigenvalue weighted by atomic mass is 79.9. The van der Waals surface area contributed by atoms with Gasteiger partial charge in [-0.1, -0.05) is 28.1 Å². The molecule has 0 saturated carbocycles. The molecular formula is C17H14BrN3O2. The normalized spacial score (nSPS) is 12.1. The molecular weight excluding hydrogens is 358 g/mol. The molecule has 1 aromatic heterocycles. The number of hydrogen-bond donors (Lipinski definition) is 2. The second-order valence-electron chi connectivity index (χ2n) is 5.19. The highest BCUT2D eigenvalue weighted by Gasteiger charge is 2.22. The molecule has 6 heteroatoms. The van der Waals surface area contributed by atoms with Crippen LogP contribution >= 0.6 is 15.9 Å². The van der Waals surface area contributed by atoms with Gasteiger partial charge < -0.3 is 10.6 Å². The maximum Gasteiger partial charge on any atom is 0.253 e. The Hall–Kier alpha value is -2.47. The first-order chi connectivity index (χ1) is 11.1. The average molecular weight is 372 g/mol. The summed E-state index contributed by atoms with van der Waals surface area (Å²) in [7, 11) is 0. The van der Waals surface area contributed by atoms with Crippen LogP contribution in [0.5, 0.6) is 0 Å². The fourth-order valence-corrected chi connectivity index (χ4v) is 2.54. The zero-order valence-corrected chi connectivity index (χ0v) is 13.9. The Morgan fingerprint density at radius 3 is 2.22 bits per heavy atom. The van der Waals surface area contributed by atoms with Gasteiger partial charge in [0.25, 0.3) is 10.9 Å². The lowest BCUT2D eigenvalue weighted by molar-refractivity contribution is 0.879. The maximum absolute atomic E-state index is 11.9. The molecule has 3 aromatic rings. The molecule has 3 rings (SSSR count). The van der Waals surface area contributed by atoms with Crippen molar-refractivity contribution in [1.29, 1.82) is 0 Å². The van der Waals surface area contributed by atoms with E-state index >= 15 is 0 Å². The van der Waals surface area contributed by atoms with Gasteiger partial charge in [0, 0.05) is 28.6 Å². The summed E-state index contributed by atoms with van der Waals surface area (Å²) >= 11 is 3.39. The van der Waals surface area contributed by atoms with Crippen molar-refractivity contribution in [2.75, 3.05) is 10.6 Å². The first kappa shape index (κ1) is 15.4. The van der Waals surface area contributed by atoms with E-state index in [1.807, 2.05) is 31.2 Å². The van der Waals surface area contributed by atoms with Gasteiger partial charge in [-0.2, -0.15) is 0 Å². The predicted octanol–water partition coefficient (Wildman–Crippen LogP) is 3.36. The van der Waals surface area contributed by atoms with Crippen LogP contribution in [0, 0.1) is 0 Å². The minimum Gasteiger partial charge on any atom is -0.373 e. The topological polar surface area (TPSA) is 71.1 Å². The SMILES string of the molecule is C[C@@H](Nc1c(Nc2ccncc2)c(=O)c1=O)c1ccc(Br)cc1. The Balaban J connectivity index is 1.81. The molecule has 2 aromatic carbocycles. The molecule has 1 atom stereocenters. The zero-order chi connectivity index (χ0) is 16.4. The molecule has 2 N–H and O–H groups in total. The lowest BCUT2D eigenvalue weighted by atomic mass is 10.1. The van der Waals surface area contributed by atoms with Gasteiger partial charge >= 0.3 is 0 Å². The first-order valence-corrected chi connectivity index (χ1v) is 7.88. The number of pyridine rings is 1. The third-order valence-corrected chi connectivity index (χ3v) is 4.12. The third kappa shape index (κ3) is 3.17. The van der Waals surface area contributed by atoms with E-state index in [1.54, 1.807) is 24.5 Å². The van der Waals surface area contributed by atoms with Crippen LogP contribution in [-0.2, 0) is 0 Å². The van der Waals surface area contributed by atoms with Crippen molar-refractivity contribution in [2.45, 2.75) is 13.0 Å². The van der Waals surface area contributed by atoms with Crippen LogP contribution in [0.1, 0.15) is 18.5 Å². The number of hydrogen-bond acceptors (Lipinski definition) is 5. The Labute approximate surface area is 141 Å². The van der Waals surface area contributed by atoms with Crippen molar-refractivity contribution in [3.8, 4) is 0 Å². The van der Waals surface area contributed by atoms with E-state index < -0.39 is 10.9 Å². The largest absolute Gasteiger partial charge is 0.373 e. The first-order valence-electron chi connectivity index (χ1n) is 7.08. The number of halogens is 1. The molecule has 0 saturated heterocycles. The molecule has 0 unspecified atom stereocenters. The molecule has 116 valence electrons. The fourth-order valence-electron chi connectivity index (χ4n) is 2.28. The summed E-state index contributed by atoms with van der Waals surface area (Å²) in [6.07, 6.45) is 3.23. The molecule has 1 heterocycles. The minimum absolute atomic E-state index is 0.0932. The highest BCUT2D eigenvalue weighted by Crippen LogP contribution is 2.25. The summed E-state index contributed by atoms with van der Waals surface area (Å²) in [5, 5.41) is 6.09. The summed E-state index contributed by atoms with van der Waals surface area (Å²) in [4.78, 5) is 27.6. The third-order valence-electron chi connectivity index (χ3n) is 3.59. The quantitative estimate of drug-likeness (QED) is 0.672. The molecule has 0 spiro atoms. The van der Waals surface area contributed by atoms with Crippen molar-refractivity contribution < 1.29 is 0 Å². The van der Waals surface area contributed by atoms with Gasteiger partial charge in [-0.25, -0.2) is 0 Å². The number of anilines is 3. The van der Waals surface area contributed by atoms with Gasteiger partial charge in [-0.15, -0.1) is 0 Å². The maximum atomic E-state index is 11.9. The lowest BCUT2D eigenvalue weighted by Gasteiger charge is -2.20. The van der Waals surface area contributed by atoms with E-state index in [4.69, 9.17) is 0 Å². The van der Waals surface area contributed by atoms with Crippen molar-refractivity contribution in [1.82, 2.24) is 4.98 Å². The molecule has 23 heavy (non-hydrogen) atoms. The van der Waals surface area contributed by atoms with E-state index in [0.29, 0.717) is 17.1 Å². The van der Waals surface area contributed by atoms with Crippen molar-refractivity contribution >= 4 is 33.0 Å². The monoisotopic (exact) mass is 371 g/mol. The minimum atomic E-state index is -0.507. The van der Waals surface area contributed by atoms with Gasteiger partial charge in [-0.05, 0) is 36.8 Å². The van der Waals surface area contributed by atoms with E-state index in [1.165, 1.54) is 0 Å². The van der Waals surface area contributed by atoms with Crippen molar-refractivity contribution in [2.24, 2.45) is 0 Å². The van der Waals surface area contributed by atoms with E-state index in [2.05, 4.69) is 31.5 Å². The van der Waals surface area contributed by atoms with Gasteiger partial charge in [0.05, 0.1) is 0 Å². The second-order valence-corrected chi connectivity index (χ2v) is 6.10. The second kappa shape index (κ2) is 6.34. The van der Waals surface area contributed by atoms with Crippen molar-refractivity contribution in [3.05, 3.63) is 79.3 Å². The Bertz CT molecular complexity index is 885. The summed E-state index contributed by atoms with van der Waals surface area (Å²) in [5.74, 6) is 0. The van der Waals surface area contributed by atoms with Crippen LogP contribution < -0.4 is 21.5 Å². The number of rotatable bonds is 5. The van der Waals surface area contributed by atoms with Gasteiger partial charge in [-0.3, -0.25) is 14.6 Å². The number of aromatic nitrogens is 1. The smallest absolute Gasteiger partial charge is 0.253 e. The lowest BCUT2D eigenvalue weighted by Crippen LogP contribution is -2.37. The highest BCUT2D eigenvalue weighted by molar-refractivity contribution is 9.10. The van der Waals surface area contributed by atoms with Gasteiger partial charge in [0.2, 0.25) is 0 Å². The fraction of sp³-hybridized carbons (Fsp3) is 0.118. The Morgan fingerprint density at radius 2 is 1.57 bits per heavy atom. The average Bonchev–Trinajstić information content (AvgIpc) is 2.59. The Kier molecular flexibility index (Phi) is 4.25. The number of nitrogens with zero attached hydrogens (tertiary/aromatic N) is 1. The molecule has 0 aliphatic heterocycles. The number of benzene rings is 1. The molecule has 0 bridgehead atoms. The van der Waals surface area contributed by atoms with Crippen LogP contribution in [0.4, 0.5) is 17.1 Å². The van der Waals surface area contributed by atoms with Crippen LogP contribution in [0.2, 0.25) is 0 Å². The van der Waals surface area contributed by atoms with Gasteiger partial charge in [0.15, 0.2) is 0 Å². The Morgan fingerprint density at radius 1 is 0.957 bits per heavy atom. The summed E-state index contributed by atoms with van der Waals surface area (Å²) in [6.45, 7) is 1.94. The summed E-state index contributed by atoms with van der Waals surface area (Å²) in [6, 6.07) is 11.2. The van der Waals surface area contributed by atoms with E-state index in [-0.39, 0.29) is 6.04 Å². The van der Waals surface area contributed by atoms with Crippen LogP contribution in [0.3, 0.4) is 0 Å².